The molecule has 1 aliphatic carbocycles. The fourth-order valence-corrected chi connectivity index (χ4v) is 3.66. The van der Waals surface area contributed by atoms with Gasteiger partial charge in [-0.1, -0.05) is 6.92 Å². The monoisotopic (exact) mass is 199 g/mol. The zero-order valence-electron chi connectivity index (χ0n) is 8.81. The normalized spacial score (nSPS) is 44.8. The van der Waals surface area contributed by atoms with Crippen LogP contribution in [0.4, 0.5) is 0 Å². The fourth-order valence-electron chi connectivity index (χ4n) is 2.41. The van der Waals surface area contributed by atoms with Crippen LogP contribution in [0.15, 0.2) is 0 Å². The Bertz CT molecular complexity index is 169. The van der Waals surface area contributed by atoms with Crippen LogP contribution in [0.1, 0.15) is 39.5 Å². The summed E-state index contributed by atoms with van der Waals surface area (Å²) in [6, 6.07) is 0.841. The predicted molar refractivity (Wildman–Crippen MR) is 60.3 cm³/mol. The van der Waals surface area contributed by atoms with Crippen molar-refractivity contribution < 1.29 is 0 Å². The Morgan fingerprint density at radius 3 is 2.77 bits per heavy atom. The van der Waals surface area contributed by atoms with Crippen molar-refractivity contribution >= 4 is 11.8 Å². The molecule has 0 bridgehead atoms. The largest absolute Gasteiger partial charge is 0.313 e. The molecule has 1 unspecified atom stereocenters. The minimum Gasteiger partial charge on any atom is -0.313 e. The van der Waals surface area contributed by atoms with E-state index in [0.717, 1.165) is 12.0 Å². The Hall–Kier alpha value is 0.310. The van der Waals surface area contributed by atoms with Gasteiger partial charge in [0.25, 0.3) is 0 Å². The van der Waals surface area contributed by atoms with Crippen LogP contribution in [0.2, 0.25) is 0 Å². The summed E-state index contributed by atoms with van der Waals surface area (Å²) in [6.45, 7) is 6.00. The van der Waals surface area contributed by atoms with Crippen molar-refractivity contribution in [3.8, 4) is 0 Å². The summed E-state index contributed by atoms with van der Waals surface area (Å²) in [5.74, 6) is 2.35. The van der Waals surface area contributed by atoms with Crippen molar-refractivity contribution in [1.29, 1.82) is 0 Å². The predicted octanol–water partition coefficient (Wildman–Crippen LogP) is 2.66. The molecule has 1 atom stereocenters. The van der Waals surface area contributed by atoms with Crippen LogP contribution >= 0.6 is 11.8 Å². The highest BCUT2D eigenvalue weighted by Crippen LogP contribution is 2.37. The standard InChI is InChI=1S/C11H21NS/c1-9-6-10(7-9)12-8-11(2)4-3-5-13-11/h9-10,12H,3-8H2,1-2H3. The van der Waals surface area contributed by atoms with E-state index < -0.39 is 0 Å². The van der Waals surface area contributed by atoms with Crippen LogP contribution in [0.3, 0.4) is 0 Å². The number of hydrogen-bond donors (Lipinski definition) is 1. The topological polar surface area (TPSA) is 12.0 Å². The van der Waals surface area contributed by atoms with Crippen molar-refractivity contribution in [2.45, 2.75) is 50.3 Å². The van der Waals surface area contributed by atoms with Gasteiger partial charge in [-0.2, -0.15) is 11.8 Å². The number of hydrogen-bond acceptors (Lipinski definition) is 2. The lowest BCUT2D eigenvalue weighted by atomic mass is 9.81. The van der Waals surface area contributed by atoms with Crippen LogP contribution in [-0.4, -0.2) is 23.1 Å². The average Bonchev–Trinajstić information content (AvgIpc) is 2.45. The molecule has 2 heteroatoms. The van der Waals surface area contributed by atoms with Crippen molar-refractivity contribution in [3.63, 3.8) is 0 Å². The second-order valence-corrected chi connectivity index (χ2v) is 6.74. The maximum absolute atomic E-state index is 3.71. The molecule has 1 saturated carbocycles. The maximum atomic E-state index is 3.71. The van der Waals surface area contributed by atoms with E-state index >= 15 is 0 Å². The molecule has 0 aromatic heterocycles. The Morgan fingerprint density at radius 2 is 2.23 bits per heavy atom. The first kappa shape index (κ1) is 9.85. The van der Waals surface area contributed by atoms with Gasteiger partial charge in [-0.05, 0) is 44.3 Å². The third-order valence-corrected chi connectivity index (χ3v) is 4.98. The molecule has 2 aliphatic rings. The van der Waals surface area contributed by atoms with Gasteiger partial charge in [-0.25, -0.2) is 0 Å². The van der Waals surface area contributed by atoms with E-state index in [1.165, 1.54) is 38.0 Å². The Labute approximate surface area is 86.0 Å². The van der Waals surface area contributed by atoms with Crippen LogP contribution in [-0.2, 0) is 0 Å². The molecule has 13 heavy (non-hydrogen) atoms. The highest BCUT2D eigenvalue weighted by atomic mass is 32.2. The molecule has 2 rings (SSSR count). The third-order valence-electron chi connectivity index (χ3n) is 3.44. The van der Waals surface area contributed by atoms with Crippen molar-refractivity contribution in [2.24, 2.45) is 5.92 Å². The molecule has 1 saturated heterocycles. The van der Waals surface area contributed by atoms with Gasteiger partial charge in [0.1, 0.15) is 0 Å². The summed E-state index contributed by atoms with van der Waals surface area (Å²) in [7, 11) is 0. The van der Waals surface area contributed by atoms with E-state index in [4.69, 9.17) is 0 Å². The summed E-state index contributed by atoms with van der Waals surface area (Å²) in [5, 5.41) is 3.71. The zero-order chi connectivity index (χ0) is 9.31. The molecule has 1 aliphatic heterocycles. The molecule has 0 radical (unpaired) electrons. The van der Waals surface area contributed by atoms with Gasteiger partial charge in [-0.15, -0.1) is 0 Å². The molecule has 0 aromatic carbocycles. The van der Waals surface area contributed by atoms with Gasteiger partial charge in [0, 0.05) is 17.3 Å². The van der Waals surface area contributed by atoms with Crippen LogP contribution < -0.4 is 5.32 Å². The number of nitrogens with one attached hydrogen (secondary N) is 1. The fraction of sp³-hybridized carbons (Fsp3) is 1.00. The van der Waals surface area contributed by atoms with Gasteiger partial charge in [0.15, 0.2) is 0 Å². The molecule has 76 valence electrons. The minimum absolute atomic E-state index is 0.554. The van der Waals surface area contributed by atoms with Crippen LogP contribution in [0.25, 0.3) is 0 Å². The van der Waals surface area contributed by atoms with Crippen LogP contribution in [0.5, 0.6) is 0 Å². The van der Waals surface area contributed by atoms with Gasteiger partial charge in [0.05, 0.1) is 0 Å². The van der Waals surface area contributed by atoms with Crippen molar-refractivity contribution in [1.82, 2.24) is 5.32 Å². The average molecular weight is 199 g/mol. The lowest BCUT2D eigenvalue weighted by Crippen LogP contribution is -2.45. The first-order valence-electron chi connectivity index (χ1n) is 5.55. The van der Waals surface area contributed by atoms with Gasteiger partial charge >= 0.3 is 0 Å². The van der Waals surface area contributed by atoms with Gasteiger partial charge < -0.3 is 5.32 Å². The smallest absolute Gasteiger partial charge is 0.0256 e. The summed E-state index contributed by atoms with van der Waals surface area (Å²) < 4.78 is 0.554. The molecule has 1 heterocycles. The second-order valence-electron chi connectivity index (χ2n) is 5.06. The van der Waals surface area contributed by atoms with E-state index in [-0.39, 0.29) is 0 Å². The number of thioether (sulfide) groups is 1. The van der Waals surface area contributed by atoms with E-state index in [1.54, 1.807) is 0 Å². The Kier molecular flexibility index (Phi) is 2.89. The molecule has 0 amide bonds. The van der Waals surface area contributed by atoms with E-state index in [0.29, 0.717) is 4.75 Å². The van der Waals surface area contributed by atoms with E-state index in [1.807, 2.05) is 0 Å². The minimum atomic E-state index is 0.554. The first-order chi connectivity index (χ1) is 6.18. The van der Waals surface area contributed by atoms with Crippen LogP contribution in [0, 0.1) is 5.92 Å². The van der Waals surface area contributed by atoms with Gasteiger partial charge in [0.2, 0.25) is 0 Å². The molecule has 1 nitrogen and oxygen atoms in total. The lowest BCUT2D eigenvalue weighted by Gasteiger charge is -2.36. The molecule has 0 aromatic rings. The highest BCUT2D eigenvalue weighted by Gasteiger charge is 2.32. The third kappa shape index (κ3) is 2.41. The maximum Gasteiger partial charge on any atom is 0.0256 e. The second kappa shape index (κ2) is 3.82. The summed E-state index contributed by atoms with van der Waals surface area (Å²) in [5.41, 5.74) is 0. The highest BCUT2D eigenvalue weighted by molar-refractivity contribution is 8.00. The summed E-state index contributed by atoms with van der Waals surface area (Å²) >= 11 is 2.16. The molecular formula is C11H21NS. The SMILES string of the molecule is CC1CC(NCC2(C)CCCS2)C1. The molecular weight excluding hydrogens is 178 g/mol. The quantitative estimate of drug-likeness (QED) is 0.750. The lowest BCUT2D eigenvalue weighted by molar-refractivity contribution is 0.236. The Balaban J connectivity index is 1.67. The molecule has 1 N–H and O–H groups in total. The van der Waals surface area contributed by atoms with Crippen molar-refractivity contribution in [2.75, 3.05) is 12.3 Å². The Morgan fingerprint density at radius 1 is 1.46 bits per heavy atom. The molecule has 0 spiro atoms. The van der Waals surface area contributed by atoms with E-state index in [9.17, 15) is 0 Å². The van der Waals surface area contributed by atoms with Crippen molar-refractivity contribution in [3.05, 3.63) is 0 Å². The zero-order valence-corrected chi connectivity index (χ0v) is 9.62. The molecule has 2 fully saturated rings. The van der Waals surface area contributed by atoms with E-state index in [2.05, 4.69) is 30.9 Å². The first-order valence-corrected chi connectivity index (χ1v) is 6.54. The summed E-state index contributed by atoms with van der Waals surface area (Å²) in [4.78, 5) is 0. The number of rotatable bonds is 3. The summed E-state index contributed by atoms with van der Waals surface area (Å²) in [6.07, 6.45) is 5.64. The van der Waals surface area contributed by atoms with Gasteiger partial charge in [-0.3, -0.25) is 0 Å².